The first-order chi connectivity index (χ1) is 7.31. The Morgan fingerprint density at radius 3 is 2.53 bits per heavy atom. The Bertz CT molecular complexity index is 295. The van der Waals surface area contributed by atoms with Gasteiger partial charge in [-0.3, -0.25) is 0 Å². The summed E-state index contributed by atoms with van der Waals surface area (Å²) in [4.78, 5) is 0. The monoisotopic (exact) mass is 208 g/mol. The molecule has 0 heterocycles. The fourth-order valence-corrected chi connectivity index (χ4v) is 1.52. The Labute approximate surface area is 92.2 Å². The Kier molecular flexibility index (Phi) is 5.02. The molecule has 0 unspecified atom stereocenters. The summed E-state index contributed by atoms with van der Waals surface area (Å²) in [7, 11) is 1.68. The van der Waals surface area contributed by atoms with Crippen molar-refractivity contribution in [2.45, 2.75) is 33.1 Å². The molecule has 0 N–H and O–H groups in total. The van der Waals surface area contributed by atoms with Gasteiger partial charge in [-0.1, -0.05) is 19.4 Å². The van der Waals surface area contributed by atoms with Crippen molar-refractivity contribution < 1.29 is 9.47 Å². The molecule has 15 heavy (non-hydrogen) atoms. The molecule has 2 nitrogen and oxygen atoms in total. The number of aryl methyl sites for hydroxylation is 1. The van der Waals surface area contributed by atoms with Crippen molar-refractivity contribution in [2.24, 2.45) is 0 Å². The molecule has 0 aliphatic carbocycles. The fraction of sp³-hybridized carbons (Fsp3) is 0.538. The van der Waals surface area contributed by atoms with Gasteiger partial charge in [-0.25, -0.2) is 0 Å². The molecule has 0 aliphatic rings. The van der Waals surface area contributed by atoms with Crippen molar-refractivity contribution in [3.63, 3.8) is 0 Å². The Morgan fingerprint density at radius 2 is 1.93 bits per heavy atom. The minimum Gasteiger partial charge on any atom is -0.493 e. The van der Waals surface area contributed by atoms with Crippen molar-refractivity contribution in [2.75, 3.05) is 13.7 Å². The van der Waals surface area contributed by atoms with Crippen molar-refractivity contribution in [1.29, 1.82) is 0 Å². The van der Waals surface area contributed by atoms with E-state index in [1.807, 2.05) is 13.0 Å². The number of methoxy groups -OCH3 is 1. The molecule has 0 aromatic heterocycles. The van der Waals surface area contributed by atoms with Gasteiger partial charge in [-0.15, -0.1) is 0 Å². The van der Waals surface area contributed by atoms with E-state index in [1.165, 1.54) is 18.4 Å². The minimum absolute atomic E-state index is 0.671. The highest BCUT2D eigenvalue weighted by Crippen LogP contribution is 2.28. The van der Waals surface area contributed by atoms with E-state index in [2.05, 4.69) is 19.1 Å². The maximum absolute atomic E-state index is 5.46. The number of hydrogen-bond acceptors (Lipinski definition) is 2. The summed E-state index contributed by atoms with van der Waals surface area (Å²) in [5, 5.41) is 0. The van der Waals surface area contributed by atoms with Gasteiger partial charge in [0, 0.05) is 0 Å². The highest BCUT2D eigenvalue weighted by molar-refractivity contribution is 5.42. The van der Waals surface area contributed by atoms with Crippen LogP contribution in [-0.4, -0.2) is 13.7 Å². The summed E-state index contributed by atoms with van der Waals surface area (Å²) < 4.78 is 10.8. The Hall–Kier alpha value is -1.18. The summed E-state index contributed by atoms with van der Waals surface area (Å²) in [6.45, 7) is 4.85. The number of unbranched alkanes of at least 4 members (excludes halogenated alkanes) is 1. The molecule has 0 atom stereocenters. The largest absolute Gasteiger partial charge is 0.493 e. The molecule has 0 fully saturated rings. The first-order valence-electron chi connectivity index (χ1n) is 5.61. The zero-order chi connectivity index (χ0) is 11.1. The lowest BCUT2D eigenvalue weighted by Crippen LogP contribution is -1.96. The van der Waals surface area contributed by atoms with Crippen LogP contribution >= 0.6 is 0 Å². The Balaban J connectivity index is 2.77. The average molecular weight is 208 g/mol. The fourth-order valence-electron chi connectivity index (χ4n) is 1.52. The number of ether oxygens (including phenoxy) is 2. The molecule has 2 heteroatoms. The smallest absolute Gasteiger partial charge is 0.161 e. The van der Waals surface area contributed by atoms with Crippen molar-refractivity contribution in [3.8, 4) is 11.5 Å². The standard InChI is InChI=1S/C13H20O2/c1-4-6-7-11-8-9-12(15-5-2)13(10-11)14-3/h8-10H,4-7H2,1-3H3. The molecule has 84 valence electrons. The van der Waals surface area contributed by atoms with Crippen molar-refractivity contribution in [1.82, 2.24) is 0 Å². The van der Waals surface area contributed by atoms with E-state index in [4.69, 9.17) is 9.47 Å². The van der Waals surface area contributed by atoms with Crippen molar-refractivity contribution in [3.05, 3.63) is 23.8 Å². The van der Waals surface area contributed by atoms with E-state index >= 15 is 0 Å². The molecule has 0 spiro atoms. The molecule has 0 radical (unpaired) electrons. The van der Waals surface area contributed by atoms with Crippen LogP contribution in [0.2, 0.25) is 0 Å². The molecular formula is C13H20O2. The molecule has 0 bridgehead atoms. The van der Waals surface area contributed by atoms with E-state index in [9.17, 15) is 0 Å². The van der Waals surface area contributed by atoms with Crippen LogP contribution in [0.15, 0.2) is 18.2 Å². The van der Waals surface area contributed by atoms with Crippen LogP contribution in [0, 0.1) is 0 Å². The van der Waals surface area contributed by atoms with Crippen molar-refractivity contribution >= 4 is 0 Å². The quantitative estimate of drug-likeness (QED) is 0.713. The van der Waals surface area contributed by atoms with Crippen LogP contribution in [-0.2, 0) is 6.42 Å². The van der Waals surface area contributed by atoms with Crippen LogP contribution in [0.3, 0.4) is 0 Å². The SMILES string of the molecule is CCCCc1ccc(OCC)c(OC)c1. The first kappa shape index (κ1) is 11.9. The maximum Gasteiger partial charge on any atom is 0.161 e. The van der Waals surface area contributed by atoms with E-state index < -0.39 is 0 Å². The zero-order valence-corrected chi connectivity index (χ0v) is 9.88. The molecular weight excluding hydrogens is 188 g/mol. The lowest BCUT2D eigenvalue weighted by molar-refractivity contribution is 0.310. The molecule has 1 aromatic rings. The minimum atomic E-state index is 0.671. The van der Waals surface area contributed by atoms with E-state index in [0.717, 1.165) is 17.9 Å². The first-order valence-corrected chi connectivity index (χ1v) is 5.61. The third-order valence-electron chi connectivity index (χ3n) is 2.35. The number of hydrogen-bond donors (Lipinski definition) is 0. The summed E-state index contributed by atoms with van der Waals surface area (Å²) >= 11 is 0. The predicted octanol–water partition coefficient (Wildman–Crippen LogP) is 3.44. The Morgan fingerprint density at radius 1 is 1.13 bits per heavy atom. The van der Waals surface area contributed by atoms with Crippen LogP contribution in [0.25, 0.3) is 0 Å². The summed E-state index contributed by atoms with van der Waals surface area (Å²) in [5.74, 6) is 1.67. The lowest BCUT2D eigenvalue weighted by atomic mass is 10.1. The predicted molar refractivity (Wildman–Crippen MR) is 62.8 cm³/mol. The van der Waals surface area contributed by atoms with Gasteiger partial charge < -0.3 is 9.47 Å². The summed E-state index contributed by atoms with van der Waals surface area (Å²) in [6.07, 6.45) is 3.55. The highest BCUT2D eigenvalue weighted by atomic mass is 16.5. The van der Waals surface area contributed by atoms with E-state index in [-0.39, 0.29) is 0 Å². The molecule has 1 rings (SSSR count). The molecule has 1 aromatic carbocycles. The van der Waals surface area contributed by atoms with Gasteiger partial charge in [0.15, 0.2) is 11.5 Å². The normalized spacial score (nSPS) is 10.1. The zero-order valence-electron chi connectivity index (χ0n) is 9.88. The summed E-state index contributed by atoms with van der Waals surface area (Å²) in [6, 6.07) is 6.18. The lowest BCUT2D eigenvalue weighted by Gasteiger charge is -2.10. The second-order valence-electron chi connectivity index (χ2n) is 3.52. The van der Waals surface area contributed by atoms with Gasteiger partial charge in [0.2, 0.25) is 0 Å². The van der Waals surface area contributed by atoms with Gasteiger partial charge in [0.25, 0.3) is 0 Å². The van der Waals surface area contributed by atoms with E-state index in [0.29, 0.717) is 6.61 Å². The van der Waals surface area contributed by atoms with Gasteiger partial charge in [-0.2, -0.15) is 0 Å². The van der Waals surface area contributed by atoms with Gasteiger partial charge >= 0.3 is 0 Å². The van der Waals surface area contributed by atoms with Crippen LogP contribution in [0.5, 0.6) is 11.5 Å². The third kappa shape index (κ3) is 3.46. The van der Waals surface area contributed by atoms with Crippen LogP contribution < -0.4 is 9.47 Å². The maximum atomic E-state index is 5.46. The highest BCUT2D eigenvalue weighted by Gasteiger charge is 2.04. The average Bonchev–Trinajstić information content (AvgIpc) is 2.28. The number of rotatable bonds is 6. The molecule has 0 amide bonds. The van der Waals surface area contributed by atoms with Crippen LogP contribution in [0.1, 0.15) is 32.3 Å². The second kappa shape index (κ2) is 6.33. The molecule has 0 saturated heterocycles. The van der Waals surface area contributed by atoms with Crippen LogP contribution in [0.4, 0.5) is 0 Å². The molecule has 0 saturated carbocycles. The van der Waals surface area contributed by atoms with Gasteiger partial charge in [0.1, 0.15) is 0 Å². The summed E-state index contributed by atoms with van der Waals surface area (Å²) in [5.41, 5.74) is 1.32. The van der Waals surface area contributed by atoms with Gasteiger partial charge in [0.05, 0.1) is 13.7 Å². The van der Waals surface area contributed by atoms with Gasteiger partial charge in [-0.05, 0) is 37.5 Å². The second-order valence-corrected chi connectivity index (χ2v) is 3.52. The topological polar surface area (TPSA) is 18.5 Å². The third-order valence-corrected chi connectivity index (χ3v) is 2.35. The molecule has 0 aliphatic heterocycles. The van der Waals surface area contributed by atoms with E-state index in [1.54, 1.807) is 7.11 Å². The number of benzene rings is 1.